The first-order valence-electron chi connectivity index (χ1n) is 2.51. The molecule has 0 amide bonds. The minimum absolute atomic E-state index is 0.597. The molecule has 0 aromatic heterocycles. The molecule has 3 heteroatoms. The first kappa shape index (κ1) is 7.41. The van der Waals surface area contributed by atoms with Crippen LogP contribution in [-0.4, -0.2) is 10.7 Å². The predicted molar refractivity (Wildman–Crippen MR) is 29.2 cm³/mol. The van der Waals surface area contributed by atoms with Crippen LogP contribution in [0.4, 0.5) is 0 Å². The van der Waals surface area contributed by atoms with Gasteiger partial charge in [0.15, 0.2) is 0 Å². The van der Waals surface area contributed by atoms with Crippen LogP contribution in [0.2, 0.25) is 0 Å². The Labute approximate surface area is 48.9 Å². The Balaban J connectivity index is 3.83. The second kappa shape index (κ2) is 2.65. The molecule has 2 N–H and O–H groups in total. The Morgan fingerprint density at radius 1 is 1.88 bits per heavy atom. The average Bonchev–Trinajstić information content (AvgIpc) is 1.87. The second-order valence-corrected chi connectivity index (χ2v) is 1.91. The van der Waals surface area contributed by atoms with Crippen LogP contribution in [0.3, 0.4) is 0 Å². The number of nitrogens with one attached hydrogen (secondary N) is 1. The molecule has 0 aromatic carbocycles. The summed E-state index contributed by atoms with van der Waals surface area (Å²) in [6, 6.07) is 1.92. The van der Waals surface area contributed by atoms with E-state index in [0.717, 1.165) is 0 Å². The lowest BCUT2D eigenvalue weighted by Gasteiger charge is -2.15. The van der Waals surface area contributed by atoms with Gasteiger partial charge in [0.25, 0.3) is 0 Å². The molecule has 3 nitrogen and oxygen atoms in total. The summed E-state index contributed by atoms with van der Waals surface area (Å²) < 4.78 is 0. The third kappa shape index (κ3) is 1.49. The van der Waals surface area contributed by atoms with E-state index in [0.29, 0.717) is 6.42 Å². The first-order valence-corrected chi connectivity index (χ1v) is 2.51. The van der Waals surface area contributed by atoms with Crippen LogP contribution in [0.1, 0.15) is 20.3 Å². The van der Waals surface area contributed by atoms with Gasteiger partial charge in [-0.05, 0) is 13.3 Å². The highest BCUT2D eigenvalue weighted by Crippen LogP contribution is 2.03. The third-order valence-corrected chi connectivity index (χ3v) is 1.20. The first-order chi connectivity index (χ1) is 3.68. The van der Waals surface area contributed by atoms with Crippen molar-refractivity contribution >= 4 is 0 Å². The molecule has 0 unspecified atom stereocenters. The standard InChI is InChI=1S/C5H10N2O/c1-3-5(2,4-6)7-8/h7-8H,3H2,1-2H3/t5-/m1/s1. The van der Waals surface area contributed by atoms with E-state index in [4.69, 9.17) is 10.5 Å². The fraction of sp³-hybridized carbons (Fsp3) is 0.800. The molecular weight excluding hydrogens is 104 g/mol. The van der Waals surface area contributed by atoms with Gasteiger partial charge in [-0.3, -0.25) is 0 Å². The zero-order chi connectivity index (χ0) is 6.62. The average molecular weight is 114 g/mol. The number of hydrogen-bond donors (Lipinski definition) is 2. The molecule has 0 fully saturated rings. The Morgan fingerprint density at radius 2 is 2.38 bits per heavy atom. The Hall–Kier alpha value is -0.590. The van der Waals surface area contributed by atoms with Crippen molar-refractivity contribution < 1.29 is 5.21 Å². The van der Waals surface area contributed by atoms with Crippen LogP contribution in [0, 0.1) is 11.3 Å². The summed E-state index contributed by atoms with van der Waals surface area (Å²) in [6.07, 6.45) is 0.597. The summed E-state index contributed by atoms with van der Waals surface area (Å²) in [5.74, 6) is 0. The van der Waals surface area contributed by atoms with Gasteiger partial charge in [0, 0.05) is 0 Å². The van der Waals surface area contributed by atoms with Crippen molar-refractivity contribution in [3.05, 3.63) is 0 Å². The Bertz CT molecular complexity index is 101. The summed E-state index contributed by atoms with van der Waals surface area (Å²) in [5, 5.41) is 16.6. The molecule has 0 aromatic rings. The van der Waals surface area contributed by atoms with Crippen LogP contribution in [-0.2, 0) is 0 Å². The van der Waals surface area contributed by atoms with Crippen LogP contribution in [0.5, 0.6) is 0 Å². The lowest BCUT2D eigenvalue weighted by atomic mass is 10.0. The van der Waals surface area contributed by atoms with Gasteiger partial charge >= 0.3 is 0 Å². The van der Waals surface area contributed by atoms with Gasteiger partial charge in [0.05, 0.1) is 6.07 Å². The molecule has 0 spiro atoms. The van der Waals surface area contributed by atoms with Crippen molar-refractivity contribution in [2.45, 2.75) is 25.8 Å². The lowest BCUT2D eigenvalue weighted by Crippen LogP contribution is -2.37. The molecular formula is C5H10N2O. The highest BCUT2D eigenvalue weighted by Gasteiger charge is 2.18. The maximum absolute atomic E-state index is 8.31. The van der Waals surface area contributed by atoms with Crippen molar-refractivity contribution in [3.8, 4) is 6.07 Å². The number of rotatable bonds is 2. The van der Waals surface area contributed by atoms with Crippen LogP contribution in [0.25, 0.3) is 0 Å². The molecule has 0 saturated carbocycles. The highest BCUT2D eigenvalue weighted by atomic mass is 16.5. The van der Waals surface area contributed by atoms with Crippen molar-refractivity contribution in [3.63, 3.8) is 0 Å². The van der Waals surface area contributed by atoms with Crippen LogP contribution < -0.4 is 5.48 Å². The normalized spacial score (nSPS) is 16.8. The van der Waals surface area contributed by atoms with E-state index in [1.165, 1.54) is 0 Å². The van der Waals surface area contributed by atoms with Gasteiger partial charge in [0.1, 0.15) is 5.54 Å². The topological polar surface area (TPSA) is 56.0 Å². The summed E-state index contributed by atoms with van der Waals surface area (Å²) >= 11 is 0. The molecule has 0 heterocycles. The van der Waals surface area contributed by atoms with E-state index in [-0.39, 0.29) is 0 Å². The molecule has 0 aliphatic heterocycles. The molecule has 8 heavy (non-hydrogen) atoms. The van der Waals surface area contributed by atoms with Gasteiger partial charge in [-0.25, -0.2) is 0 Å². The molecule has 0 aliphatic carbocycles. The second-order valence-electron chi connectivity index (χ2n) is 1.91. The third-order valence-electron chi connectivity index (χ3n) is 1.20. The number of nitrogens with zero attached hydrogens (tertiary/aromatic N) is 1. The monoisotopic (exact) mass is 114 g/mol. The quantitative estimate of drug-likeness (QED) is 0.518. The SMILES string of the molecule is CC[C@](C)(C#N)NO. The molecule has 0 saturated heterocycles. The van der Waals surface area contributed by atoms with Gasteiger partial charge in [-0.15, -0.1) is 0 Å². The number of hydrogen-bond acceptors (Lipinski definition) is 3. The van der Waals surface area contributed by atoms with Crippen molar-refractivity contribution in [2.24, 2.45) is 0 Å². The van der Waals surface area contributed by atoms with E-state index in [1.807, 2.05) is 18.5 Å². The van der Waals surface area contributed by atoms with Crippen LogP contribution in [0.15, 0.2) is 0 Å². The Morgan fingerprint density at radius 3 is 2.38 bits per heavy atom. The number of hydroxylamine groups is 1. The lowest BCUT2D eigenvalue weighted by molar-refractivity contribution is 0.0987. The summed E-state index contributed by atoms with van der Waals surface area (Å²) in [7, 11) is 0. The van der Waals surface area contributed by atoms with Crippen molar-refractivity contribution in [1.29, 1.82) is 5.26 Å². The minimum Gasteiger partial charge on any atom is -0.315 e. The molecule has 46 valence electrons. The maximum Gasteiger partial charge on any atom is 0.126 e. The summed E-state index contributed by atoms with van der Waals surface area (Å²) in [5.41, 5.74) is 1.15. The van der Waals surface area contributed by atoms with Crippen molar-refractivity contribution in [2.75, 3.05) is 0 Å². The van der Waals surface area contributed by atoms with Gasteiger partial charge in [-0.2, -0.15) is 10.7 Å². The zero-order valence-corrected chi connectivity index (χ0v) is 5.10. The smallest absolute Gasteiger partial charge is 0.126 e. The van der Waals surface area contributed by atoms with Crippen molar-refractivity contribution in [1.82, 2.24) is 5.48 Å². The van der Waals surface area contributed by atoms with E-state index in [1.54, 1.807) is 6.92 Å². The van der Waals surface area contributed by atoms with E-state index >= 15 is 0 Å². The van der Waals surface area contributed by atoms with Gasteiger partial charge in [-0.1, -0.05) is 6.92 Å². The fourth-order valence-corrected chi connectivity index (χ4v) is 0.183. The fourth-order valence-electron chi connectivity index (χ4n) is 0.183. The number of nitriles is 1. The minimum atomic E-state index is -0.764. The van der Waals surface area contributed by atoms with E-state index < -0.39 is 5.54 Å². The molecule has 0 radical (unpaired) electrons. The molecule has 0 rings (SSSR count). The molecule has 0 bridgehead atoms. The van der Waals surface area contributed by atoms with E-state index in [2.05, 4.69) is 0 Å². The summed E-state index contributed by atoms with van der Waals surface area (Å²) in [6.45, 7) is 3.46. The van der Waals surface area contributed by atoms with E-state index in [9.17, 15) is 0 Å². The largest absolute Gasteiger partial charge is 0.315 e. The molecule has 0 aliphatic rings. The Kier molecular flexibility index (Phi) is 2.46. The van der Waals surface area contributed by atoms with Crippen LogP contribution >= 0.6 is 0 Å². The van der Waals surface area contributed by atoms with Gasteiger partial charge < -0.3 is 5.21 Å². The summed E-state index contributed by atoms with van der Waals surface area (Å²) in [4.78, 5) is 0. The van der Waals surface area contributed by atoms with Gasteiger partial charge in [0.2, 0.25) is 0 Å². The highest BCUT2D eigenvalue weighted by molar-refractivity contribution is 5.00. The zero-order valence-electron chi connectivity index (χ0n) is 5.10. The predicted octanol–water partition coefficient (Wildman–Crippen LogP) is 0.657. The maximum atomic E-state index is 8.31. The molecule has 1 atom stereocenters.